The van der Waals surface area contributed by atoms with Crippen molar-refractivity contribution in [3.05, 3.63) is 47.4 Å². The Morgan fingerprint density at radius 3 is 2.65 bits per heavy atom. The molecule has 0 radical (unpaired) electrons. The summed E-state index contributed by atoms with van der Waals surface area (Å²) in [6.07, 6.45) is 0. The number of amides is 1. The van der Waals surface area contributed by atoms with Crippen molar-refractivity contribution in [2.45, 2.75) is 6.92 Å². The van der Waals surface area contributed by atoms with Crippen LogP contribution in [0.5, 0.6) is 0 Å². The first-order chi connectivity index (χ1) is 9.54. The summed E-state index contributed by atoms with van der Waals surface area (Å²) in [7, 11) is 0. The average Bonchev–Trinajstić information content (AvgIpc) is 2.82. The molecule has 2 rings (SSSR count). The number of rotatable bonds is 4. The van der Waals surface area contributed by atoms with Crippen molar-refractivity contribution in [3.8, 4) is 0 Å². The molecule has 2 aromatic rings. The third-order valence-corrected chi connectivity index (χ3v) is 2.30. The number of nitrogens with zero attached hydrogens (tertiary/aromatic N) is 1. The zero-order valence-electron chi connectivity index (χ0n) is 10.6. The van der Waals surface area contributed by atoms with Crippen LogP contribution < -0.4 is 5.32 Å². The van der Waals surface area contributed by atoms with Gasteiger partial charge >= 0.3 is 5.97 Å². The fourth-order valence-electron chi connectivity index (χ4n) is 1.40. The van der Waals surface area contributed by atoms with Crippen molar-refractivity contribution in [1.29, 1.82) is 0 Å². The highest BCUT2D eigenvalue weighted by atomic mass is 19.1. The minimum absolute atomic E-state index is 0.162. The lowest BCUT2D eigenvalue weighted by molar-refractivity contribution is -0.119. The normalized spacial score (nSPS) is 10.1. The third kappa shape index (κ3) is 3.64. The van der Waals surface area contributed by atoms with E-state index in [1.54, 1.807) is 6.92 Å². The van der Waals surface area contributed by atoms with E-state index >= 15 is 0 Å². The van der Waals surface area contributed by atoms with E-state index in [1.165, 1.54) is 18.2 Å². The maximum absolute atomic E-state index is 12.7. The lowest BCUT2D eigenvalue weighted by Crippen LogP contribution is -2.20. The number of halogens is 1. The number of esters is 1. The number of carbonyl (C=O) groups is 2. The number of hydrogen-bond donors (Lipinski definition) is 1. The summed E-state index contributed by atoms with van der Waals surface area (Å²) in [5.41, 5.74) is 0.776. The van der Waals surface area contributed by atoms with Gasteiger partial charge in [-0.15, -0.1) is 0 Å². The maximum atomic E-state index is 12.7. The lowest BCUT2D eigenvalue weighted by Gasteiger charge is -2.04. The molecule has 20 heavy (non-hydrogen) atoms. The van der Waals surface area contributed by atoms with Crippen molar-refractivity contribution in [2.24, 2.45) is 0 Å². The number of aromatic nitrogens is 1. The highest BCUT2D eigenvalue weighted by molar-refractivity contribution is 5.94. The lowest BCUT2D eigenvalue weighted by atomic mass is 10.2. The number of benzene rings is 1. The number of aryl methyl sites for hydroxylation is 1. The number of hydrogen-bond acceptors (Lipinski definition) is 5. The second-order valence-corrected chi connectivity index (χ2v) is 3.96. The third-order valence-electron chi connectivity index (χ3n) is 2.30. The van der Waals surface area contributed by atoms with Gasteiger partial charge in [-0.2, -0.15) is 0 Å². The van der Waals surface area contributed by atoms with Crippen LogP contribution in [0.2, 0.25) is 0 Å². The summed E-state index contributed by atoms with van der Waals surface area (Å²) in [5, 5.41) is 5.96. The Morgan fingerprint density at radius 1 is 1.35 bits per heavy atom. The van der Waals surface area contributed by atoms with E-state index in [1.807, 2.05) is 0 Å². The van der Waals surface area contributed by atoms with Crippen LogP contribution >= 0.6 is 0 Å². The van der Waals surface area contributed by atoms with Gasteiger partial charge in [-0.1, -0.05) is 5.16 Å². The molecule has 0 saturated carbocycles. The van der Waals surface area contributed by atoms with Crippen LogP contribution in [-0.4, -0.2) is 23.6 Å². The van der Waals surface area contributed by atoms with Crippen molar-refractivity contribution in [3.63, 3.8) is 0 Å². The highest BCUT2D eigenvalue weighted by Crippen LogP contribution is 2.08. The molecule has 1 amide bonds. The summed E-state index contributed by atoms with van der Waals surface area (Å²) >= 11 is 0. The maximum Gasteiger partial charge on any atom is 0.338 e. The molecule has 1 heterocycles. The Kier molecular flexibility index (Phi) is 4.09. The zero-order chi connectivity index (χ0) is 14.5. The van der Waals surface area contributed by atoms with E-state index < -0.39 is 24.3 Å². The number of nitrogens with one attached hydrogen (secondary N) is 1. The van der Waals surface area contributed by atoms with Crippen molar-refractivity contribution in [2.75, 3.05) is 11.9 Å². The van der Waals surface area contributed by atoms with Gasteiger partial charge < -0.3 is 9.26 Å². The van der Waals surface area contributed by atoms with Crippen molar-refractivity contribution < 1.29 is 23.2 Å². The van der Waals surface area contributed by atoms with Gasteiger partial charge in [0, 0.05) is 6.07 Å². The Balaban J connectivity index is 1.84. The number of ether oxygens (including phenoxy) is 1. The quantitative estimate of drug-likeness (QED) is 0.864. The Morgan fingerprint density at radius 2 is 2.05 bits per heavy atom. The standard InChI is InChI=1S/C13H11FN2O4/c1-8-6-12(20-16-8)15-11(17)7-19-13(18)9-2-4-10(14)5-3-9/h2-6H,7H2,1H3,(H,15,17). The number of anilines is 1. The van der Waals surface area contributed by atoms with Gasteiger partial charge in [-0.3, -0.25) is 10.1 Å². The second-order valence-electron chi connectivity index (χ2n) is 3.96. The smallest absolute Gasteiger partial charge is 0.338 e. The largest absolute Gasteiger partial charge is 0.452 e. The van der Waals surface area contributed by atoms with Crippen molar-refractivity contribution in [1.82, 2.24) is 5.16 Å². The molecule has 0 unspecified atom stereocenters. The molecule has 0 aliphatic carbocycles. The molecule has 0 saturated heterocycles. The molecule has 7 heteroatoms. The van der Waals surface area contributed by atoms with E-state index in [4.69, 9.17) is 9.26 Å². The second kappa shape index (κ2) is 5.96. The molecule has 0 aliphatic rings. The zero-order valence-corrected chi connectivity index (χ0v) is 10.6. The minimum Gasteiger partial charge on any atom is -0.452 e. The fourth-order valence-corrected chi connectivity index (χ4v) is 1.40. The van der Waals surface area contributed by atoms with Gasteiger partial charge in [0.05, 0.1) is 11.3 Å². The predicted octanol–water partition coefficient (Wildman–Crippen LogP) is 1.92. The molecule has 0 fully saturated rings. The van der Waals surface area contributed by atoms with Gasteiger partial charge in [0.1, 0.15) is 5.82 Å². The monoisotopic (exact) mass is 278 g/mol. The molecule has 0 atom stereocenters. The molecule has 104 valence electrons. The summed E-state index contributed by atoms with van der Waals surface area (Å²) in [6, 6.07) is 6.34. The molecule has 1 aromatic carbocycles. The van der Waals surface area contributed by atoms with Gasteiger partial charge in [0.15, 0.2) is 6.61 Å². The molecular formula is C13H11FN2O4. The first-order valence-electron chi connectivity index (χ1n) is 5.70. The van der Waals surface area contributed by atoms with Crippen LogP contribution in [0.1, 0.15) is 16.1 Å². The SMILES string of the molecule is Cc1cc(NC(=O)COC(=O)c2ccc(F)cc2)on1. The Labute approximate surface area is 113 Å². The number of carbonyl (C=O) groups excluding carboxylic acids is 2. The van der Waals surface area contributed by atoms with Crippen LogP contribution in [0.4, 0.5) is 10.3 Å². The van der Waals surface area contributed by atoms with Gasteiger partial charge in [0.25, 0.3) is 5.91 Å². The molecule has 1 aromatic heterocycles. The first-order valence-corrected chi connectivity index (χ1v) is 5.70. The Hall–Kier alpha value is -2.70. The highest BCUT2D eigenvalue weighted by Gasteiger charge is 2.11. The fraction of sp³-hybridized carbons (Fsp3) is 0.154. The van der Waals surface area contributed by atoms with E-state index in [9.17, 15) is 14.0 Å². The average molecular weight is 278 g/mol. The van der Waals surface area contributed by atoms with Crippen LogP contribution in [0, 0.1) is 12.7 Å². The minimum atomic E-state index is -0.714. The van der Waals surface area contributed by atoms with Crippen LogP contribution in [-0.2, 0) is 9.53 Å². The van der Waals surface area contributed by atoms with E-state index in [-0.39, 0.29) is 11.4 Å². The molecule has 0 bridgehead atoms. The van der Waals surface area contributed by atoms with E-state index in [2.05, 4.69) is 10.5 Å². The summed E-state index contributed by atoms with van der Waals surface area (Å²) < 4.78 is 22.2. The first kappa shape index (κ1) is 13.7. The Bertz CT molecular complexity index is 622. The molecule has 0 spiro atoms. The summed E-state index contributed by atoms with van der Waals surface area (Å²) in [4.78, 5) is 23.0. The van der Waals surface area contributed by atoms with Gasteiger partial charge in [0.2, 0.25) is 5.88 Å². The van der Waals surface area contributed by atoms with E-state index in [0.717, 1.165) is 12.1 Å². The molecule has 6 nitrogen and oxygen atoms in total. The van der Waals surface area contributed by atoms with Crippen molar-refractivity contribution >= 4 is 17.8 Å². The summed E-state index contributed by atoms with van der Waals surface area (Å²) in [6.45, 7) is 1.23. The van der Waals surface area contributed by atoms with Crippen LogP contribution in [0.3, 0.4) is 0 Å². The van der Waals surface area contributed by atoms with Crippen LogP contribution in [0.15, 0.2) is 34.9 Å². The van der Waals surface area contributed by atoms with Gasteiger partial charge in [-0.05, 0) is 31.2 Å². The molecular weight excluding hydrogens is 267 g/mol. The predicted molar refractivity (Wildman–Crippen MR) is 66.6 cm³/mol. The van der Waals surface area contributed by atoms with Gasteiger partial charge in [-0.25, -0.2) is 9.18 Å². The molecule has 1 N–H and O–H groups in total. The van der Waals surface area contributed by atoms with Crippen LogP contribution in [0.25, 0.3) is 0 Å². The van der Waals surface area contributed by atoms with E-state index in [0.29, 0.717) is 5.69 Å². The summed E-state index contributed by atoms with van der Waals surface area (Å²) in [5.74, 6) is -1.56. The molecule has 0 aliphatic heterocycles. The topological polar surface area (TPSA) is 81.4 Å².